The van der Waals surface area contributed by atoms with Gasteiger partial charge in [-0.25, -0.2) is 9.48 Å². The number of furan rings is 1. The van der Waals surface area contributed by atoms with Crippen LogP contribution < -0.4 is 16.2 Å². The van der Waals surface area contributed by atoms with Gasteiger partial charge in [0.2, 0.25) is 0 Å². The second-order valence-corrected chi connectivity index (χ2v) is 5.51. The van der Waals surface area contributed by atoms with Crippen molar-refractivity contribution in [2.24, 2.45) is 0 Å². The van der Waals surface area contributed by atoms with E-state index in [4.69, 9.17) is 4.42 Å². The number of hydrogen-bond donors (Lipinski definition) is 2. The van der Waals surface area contributed by atoms with Crippen molar-refractivity contribution in [1.82, 2.24) is 15.1 Å². The molecule has 2 heterocycles. The fraction of sp³-hybridized carbons (Fsp3) is 0.167. The summed E-state index contributed by atoms with van der Waals surface area (Å²) in [4.78, 5) is 23.8. The molecule has 0 saturated heterocycles. The van der Waals surface area contributed by atoms with Gasteiger partial charge in [0.25, 0.3) is 5.56 Å². The Bertz CT molecular complexity index is 916. The maximum absolute atomic E-state index is 11.9. The van der Waals surface area contributed by atoms with E-state index in [2.05, 4.69) is 15.7 Å². The van der Waals surface area contributed by atoms with E-state index in [1.807, 2.05) is 31.2 Å². The number of carbonyl (C=O) groups is 1. The number of hydrogen-bond acceptors (Lipinski definition) is 4. The number of nitrogens with one attached hydrogen (secondary N) is 2. The summed E-state index contributed by atoms with van der Waals surface area (Å²) in [6, 6.07) is 13.7. The van der Waals surface area contributed by atoms with Gasteiger partial charge in [-0.1, -0.05) is 12.1 Å². The lowest BCUT2D eigenvalue weighted by Gasteiger charge is -2.09. The molecule has 2 amide bonds. The van der Waals surface area contributed by atoms with Gasteiger partial charge < -0.3 is 15.1 Å². The van der Waals surface area contributed by atoms with Crippen LogP contribution in [0.2, 0.25) is 0 Å². The van der Waals surface area contributed by atoms with Gasteiger partial charge in [-0.15, -0.1) is 0 Å². The van der Waals surface area contributed by atoms with Gasteiger partial charge in [-0.3, -0.25) is 4.79 Å². The number of nitrogens with zero attached hydrogens (tertiary/aromatic N) is 2. The van der Waals surface area contributed by atoms with Crippen LogP contribution in [0.15, 0.2) is 64.0 Å². The quantitative estimate of drug-likeness (QED) is 0.748. The zero-order valence-corrected chi connectivity index (χ0v) is 13.7. The topological polar surface area (TPSA) is 89.2 Å². The largest absolute Gasteiger partial charge is 0.463 e. The predicted octanol–water partition coefficient (Wildman–Crippen LogP) is 2.63. The molecule has 0 radical (unpaired) electrons. The Morgan fingerprint density at radius 1 is 1.20 bits per heavy atom. The average molecular weight is 338 g/mol. The molecule has 0 atom stereocenters. The molecular formula is C18H18N4O3. The Kier molecular flexibility index (Phi) is 4.94. The van der Waals surface area contributed by atoms with Gasteiger partial charge in [0.15, 0.2) is 5.76 Å². The number of benzene rings is 1. The van der Waals surface area contributed by atoms with Crippen LogP contribution in [0, 0.1) is 6.92 Å². The van der Waals surface area contributed by atoms with Crippen LogP contribution >= 0.6 is 0 Å². The van der Waals surface area contributed by atoms with E-state index in [1.54, 1.807) is 24.5 Å². The second-order valence-electron chi connectivity index (χ2n) is 5.51. The fourth-order valence-corrected chi connectivity index (χ4v) is 2.34. The molecule has 0 bridgehead atoms. The van der Waals surface area contributed by atoms with Gasteiger partial charge in [-0.2, -0.15) is 5.10 Å². The number of anilines is 1. The molecule has 0 aliphatic rings. The number of aromatic nitrogens is 2. The summed E-state index contributed by atoms with van der Waals surface area (Å²) in [7, 11) is 0. The molecule has 7 nitrogen and oxygen atoms in total. The Balaban J connectivity index is 1.57. The molecule has 3 rings (SSSR count). The summed E-state index contributed by atoms with van der Waals surface area (Å²) in [5.74, 6) is 0.582. The van der Waals surface area contributed by atoms with Gasteiger partial charge >= 0.3 is 6.03 Å². The average Bonchev–Trinajstić information content (AvgIpc) is 3.11. The molecule has 0 unspecified atom stereocenters. The molecule has 128 valence electrons. The van der Waals surface area contributed by atoms with Crippen LogP contribution in [-0.4, -0.2) is 22.4 Å². The molecule has 0 spiro atoms. The number of amides is 2. The minimum Gasteiger partial charge on any atom is -0.463 e. The highest BCUT2D eigenvalue weighted by molar-refractivity contribution is 5.89. The first-order valence-corrected chi connectivity index (χ1v) is 7.85. The first-order valence-electron chi connectivity index (χ1n) is 7.85. The smallest absolute Gasteiger partial charge is 0.319 e. The van der Waals surface area contributed by atoms with Crippen molar-refractivity contribution >= 4 is 11.7 Å². The molecule has 7 heteroatoms. The Morgan fingerprint density at radius 2 is 2.08 bits per heavy atom. The highest BCUT2D eigenvalue weighted by atomic mass is 16.3. The number of aryl methyl sites for hydroxylation is 1. The van der Waals surface area contributed by atoms with Crippen molar-refractivity contribution in [1.29, 1.82) is 0 Å². The van der Waals surface area contributed by atoms with Crippen LogP contribution in [0.25, 0.3) is 11.5 Å². The van der Waals surface area contributed by atoms with Crippen LogP contribution in [0.1, 0.15) is 5.56 Å². The van der Waals surface area contributed by atoms with E-state index in [9.17, 15) is 9.59 Å². The molecular weight excluding hydrogens is 320 g/mol. The Hall–Kier alpha value is -3.35. The number of rotatable bonds is 5. The molecule has 0 saturated carbocycles. The lowest BCUT2D eigenvalue weighted by molar-refractivity contribution is 0.251. The summed E-state index contributed by atoms with van der Waals surface area (Å²) >= 11 is 0. The van der Waals surface area contributed by atoms with E-state index < -0.39 is 0 Å². The fourth-order valence-electron chi connectivity index (χ4n) is 2.34. The molecule has 0 aliphatic carbocycles. The van der Waals surface area contributed by atoms with E-state index in [1.165, 1.54) is 10.7 Å². The maximum Gasteiger partial charge on any atom is 0.319 e. The van der Waals surface area contributed by atoms with Crippen LogP contribution in [0.3, 0.4) is 0 Å². The van der Waals surface area contributed by atoms with Gasteiger partial charge in [0.05, 0.1) is 12.8 Å². The molecule has 1 aromatic carbocycles. The normalized spacial score (nSPS) is 10.4. The van der Waals surface area contributed by atoms with Crippen LogP contribution in [-0.2, 0) is 6.54 Å². The maximum atomic E-state index is 11.9. The second kappa shape index (κ2) is 7.48. The highest BCUT2D eigenvalue weighted by Gasteiger charge is 2.06. The third kappa shape index (κ3) is 4.35. The third-order valence-corrected chi connectivity index (χ3v) is 3.53. The molecule has 25 heavy (non-hydrogen) atoms. The zero-order chi connectivity index (χ0) is 17.6. The van der Waals surface area contributed by atoms with Gasteiger partial charge in [0.1, 0.15) is 5.69 Å². The summed E-state index contributed by atoms with van der Waals surface area (Å²) in [5, 5.41) is 9.70. The number of urea groups is 1. The molecule has 2 aromatic heterocycles. The summed E-state index contributed by atoms with van der Waals surface area (Å²) in [5.41, 5.74) is 2.10. The molecule has 0 aliphatic heterocycles. The summed E-state index contributed by atoms with van der Waals surface area (Å²) in [6.45, 7) is 2.48. The van der Waals surface area contributed by atoms with Crippen molar-refractivity contribution in [2.75, 3.05) is 11.9 Å². The van der Waals surface area contributed by atoms with Crippen molar-refractivity contribution < 1.29 is 9.21 Å². The third-order valence-electron chi connectivity index (χ3n) is 3.53. The van der Waals surface area contributed by atoms with Crippen molar-refractivity contribution in [3.8, 4) is 11.5 Å². The van der Waals surface area contributed by atoms with E-state index in [0.29, 0.717) is 17.1 Å². The van der Waals surface area contributed by atoms with E-state index in [0.717, 1.165) is 5.56 Å². The highest BCUT2D eigenvalue weighted by Crippen LogP contribution is 2.14. The summed E-state index contributed by atoms with van der Waals surface area (Å²) in [6.07, 6.45) is 1.55. The lowest BCUT2D eigenvalue weighted by Crippen LogP contribution is -2.34. The minimum absolute atomic E-state index is 0.240. The van der Waals surface area contributed by atoms with Crippen molar-refractivity contribution in [2.45, 2.75) is 13.5 Å². The van der Waals surface area contributed by atoms with Crippen LogP contribution in [0.4, 0.5) is 10.5 Å². The number of carbonyl (C=O) groups excluding carboxylic acids is 1. The minimum atomic E-state index is -0.333. The zero-order valence-electron chi connectivity index (χ0n) is 13.7. The molecule has 0 fully saturated rings. The van der Waals surface area contributed by atoms with Crippen molar-refractivity contribution in [3.05, 3.63) is 70.7 Å². The standard InChI is InChI=1S/C18H18N4O3/c1-13-4-2-5-14(12-13)20-18(24)19-9-10-22-17(23)8-7-15(21-22)16-6-3-11-25-16/h2-8,11-12H,9-10H2,1H3,(H2,19,20,24). The molecule has 3 aromatic rings. The summed E-state index contributed by atoms with van der Waals surface area (Å²) < 4.78 is 6.57. The Morgan fingerprint density at radius 3 is 2.84 bits per heavy atom. The van der Waals surface area contributed by atoms with Crippen LogP contribution in [0.5, 0.6) is 0 Å². The van der Waals surface area contributed by atoms with Gasteiger partial charge in [0, 0.05) is 18.3 Å². The van der Waals surface area contributed by atoms with Gasteiger partial charge in [-0.05, 0) is 42.8 Å². The Labute approximate surface area is 144 Å². The first kappa shape index (κ1) is 16.5. The lowest BCUT2D eigenvalue weighted by atomic mass is 10.2. The van der Waals surface area contributed by atoms with Crippen molar-refractivity contribution in [3.63, 3.8) is 0 Å². The predicted molar refractivity (Wildman–Crippen MR) is 94.4 cm³/mol. The van der Waals surface area contributed by atoms with E-state index >= 15 is 0 Å². The monoisotopic (exact) mass is 338 g/mol. The first-order chi connectivity index (χ1) is 12.1. The van der Waals surface area contributed by atoms with E-state index in [-0.39, 0.29) is 24.7 Å². The molecule has 2 N–H and O–H groups in total. The SMILES string of the molecule is Cc1cccc(NC(=O)NCCn2nc(-c3ccco3)ccc2=O)c1.